The fraction of sp³-hybridized carbons (Fsp3) is 0.385. The summed E-state index contributed by atoms with van der Waals surface area (Å²) in [4.78, 5) is 18.7. The highest BCUT2D eigenvalue weighted by atomic mass is 32.1. The highest BCUT2D eigenvalue weighted by Crippen LogP contribution is 2.36. The molecule has 166 valence electrons. The van der Waals surface area contributed by atoms with Crippen LogP contribution in [-0.4, -0.2) is 36.8 Å². The summed E-state index contributed by atoms with van der Waals surface area (Å²) in [5.74, 6) is 0.735. The van der Waals surface area contributed by atoms with Crippen molar-refractivity contribution in [3.05, 3.63) is 69.4 Å². The highest BCUT2D eigenvalue weighted by molar-refractivity contribution is 7.15. The molecule has 2 aromatic carbocycles. The topological polar surface area (TPSA) is 60.5 Å². The van der Waals surface area contributed by atoms with Crippen LogP contribution in [0.2, 0.25) is 0 Å². The molecule has 3 aromatic rings. The summed E-state index contributed by atoms with van der Waals surface area (Å²) in [6, 6.07) is 10.9. The Balaban J connectivity index is 1.40. The van der Waals surface area contributed by atoms with Gasteiger partial charge in [-0.2, -0.15) is 0 Å². The maximum Gasteiger partial charge on any atom is 0.255 e. The SMILES string of the molecule is Cc1ncc(-c2ccc(Cc3cc(C(=O)NC4CCOCC4)c4c(c3C)CCO4)cc2)s1. The fourth-order valence-corrected chi connectivity index (χ4v) is 5.34. The van der Waals surface area contributed by atoms with Gasteiger partial charge in [-0.05, 0) is 61.4 Å². The lowest BCUT2D eigenvalue weighted by Gasteiger charge is -2.24. The van der Waals surface area contributed by atoms with Crippen molar-refractivity contribution in [3.8, 4) is 16.2 Å². The maximum absolute atomic E-state index is 13.2. The van der Waals surface area contributed by atoms with E-state index in [9.17, 15) is 4.79 Å². The first kappa shape index (κ1) is 21.2. The average molecular weight is 449 g/mol. The molecule has 1 N–H and O–H groups in total. The van der Waals surface area contributed by atoms with Crippen LogP contribution in [0, 0.1) is 13.8 Å². The van der Waals surface area contributed by atoms with E-state index in [1.165, 1.54) is 32.7 Å². The van der Waals surface area contributed by atoms with Gasteiger partial charge in [-0.3, -0.25) is 4.79 Å². The van der Waals surface area contributed by atoms with Gasteiger partial charge in [0.25, 0.3) is 5.91 Å². The Morgan fingerprint density at radius 2 is 1.94 bits per heavy atom. The molecular formula is C26H28N2O3S. The van der Waals surface area contributed by atoms with E-state index in [1.54, 1.807) is 11.3 Å². The van der Waals surface area contributed by atoms with E-state index in [1.807, 2.05) is 19.2 Å². The molecule has 0 radical (unpaired) electrons. The molecule has 0 bridgehead atoms. The molecule has 0 saturated carbocycles. The first-order valence-corrected chi connectivity index (χ1v) is 12.1. The molecule has 1 aromatic heterocycles. The van der Waals surface area contributed by atoms with Crippen molar-refractivity contribution >= 4 is 17.2 Å². The number of aromatic nitrogens is 1. The molecule has 2 aliphatic rings. The predicted molar refractivity (Wildman–Crippen MR) is 127 cm³/mol. The Morgan fingerprint density at radius 3 is 2.66 bits per heavy atom. The van der Waals surface area contributed by atoms with Crippen molar-refractivity contribution in [1.29, 1.82) is 0 Å². The Morgan fingerprint density at radius 1 is 1.16 bits per heavy atom. The number of thiazole rings is 1. The number of nitrogens with zero attached hydrogens (tertiary/aromatic N) is 1. The molecule has 0 unspecified atom stereocenters. The number of ether oxygens (including phenoxy) is 2. The lowest BCUT2D eigenvalue weighted by Crippen LogP contribution is -2.39. The molecule has 5 nitrogen and oxygen atoms in total. The number of nitrogens with one attached hydrogen (secondary N) is 1. The summed E-state index contributed by atoms with van der Waals surface area (Å²) in [6.45, 7) is 6.22. The van der Waals surface area contributed by atoms with Gasteiger partial charge in [0.15, 0.2) is 0 Å². The molecule has 1 fully saturated rings. The fourth-order valence-electron chi connectivity index (χ4n) is 4.55. The Hall–Kier alpha value is -2.70. The summed E-state index contributed by atoms with van der Waals surface area (Å²) in [5, 5.41) is 4.27. The van der Waals surface area contributed by atoms with E-state index < -0.39 is 0 Å². The monoisotopic (exact) mass is 448 g/mol. The molecule has 3 heterocycles. The molecular weight excluding hydrogens is 420 g/mol. The number of amides is 1. The molecule has 0 atom stereocenters. The zero-order valence-corrected chi connectivity index (χ0v) is 19.4. The molecule has 0 aliphatic carbocycles. The normalized spacial score (nSPS) is 15.9. The second-order valence-electron chi connectivity index (χ2n) is 8.59. The van der Waals surface area contributed by atoms with Crippen LogP contribution < -0.4 is 10.1 Å². The molecule has 1 amide bonds. The van der Waals surface area contributed by atoms with Crippen LogP contribution in [0.4, 0.5) is 0 Å². The van der Waals surface area contributed by atoms with E-state index >= 15 is 0 Å². The number of aryl methyl sites for hydroxylation is 1. The van der Waals surface area contributed by atoms with Gasteiger partial charge in [0.2, 0.25) is 0 Å². The zero-order chi connectivity index (χ0) is 22.1. The number of rotatable bonds is 5. The van der Waals surface area contributed by atoms with Crippen LogP contribution in [0.15, 0.2) is 36.5 Å². The second-order valence-corrected chi connectivity index (χ2v) is 9.83. The Labute approximate surface area is 192 Å². The average Bonchev–Trinajstić information content (AvgIpc) is 3.46. The summed E-state index contributed by atoms with van der Waals surface area (Å²) in [6.07, 6.45) is 5.30. The molecule has 0 spiro atoms. The number of carbonyl (C=O) groups is 1. The van der Waals surface area contributed by atoms with E-state index in [-0.39, 0.29) is 11.9 Å². The first-order valence-electron chi connectivity index (χ1n) is 11.3. The lowest BCUT2D eigenvalue weighted by atomic mass is 9.92. The van der Waals surface area contributed by atoms with Crippen molar-refractivity contribution in [3.63, 3.8) is 0 Å². The third-order valence-corrected chi connectivity index (χ3v) is 7.39. The summed E-state index contributed by atoms with van der Waals surface area (Å²) in [7, 11) is 0. The molecule has 6 heteroatoms. The van der Waals surface area contributed by atoms with Gasteiger partial charge in [0.1, 0.15) is 5.75 Å². The van der Waals surface area contributed by atoms with Crippen molar-refractivity contribution in [2.45, 2.75) is 45.6 Å². The summed E-state index contributed by atoms with van der Waals surface area (Å²) < 4.78 is 11.3. The zero-order valence-electron chi connectivity index (χ0n) is 18.6. The number of benzene rings is 2. The van der Waals surface area contributed by atoms with Crippen LogP contribution >= 0.6 is 11.3 Å². The third-order valence-electron chi connectivity index (χ3n) is 6.43. The first-order chi connectivity index (χ1) is 15.6. The minimum Gasteiger partial charge on any atom is -0.492 e. The number of fused-ring (bicyclic) bond motifs is 1. The van der Waals surface area contributed by atoms with Gasteiger partial charge in [-0.25, -0.2) is 4.98 Å². The van der Waals surface area contributed by atoms with Gasteiger partial charge in [0.05, 0.1) is 22.1 Å². The van der Waals surface area contributed by atoms with Crippen molar-refractivity contribution < 1.29 is 14.3 Å². The van der Waals surface area contributed by atoms with Crippen molar-refractivity contribution in [2.24, 2.45) is 0 Å². The van der Waals surface area contributed by atoms with Crippen LogP contribution in [0.5, 0.6) is 5.75 Å². The van der Waals surface area contributed by atoms with E-state index in [0.717, 1.165) is 36.4 Å². The van der Waals surface area contributed by atoms with Gasteiger partial charge >= 0.3 is 0 Å². The quantitative estimate of drug-likeness (QED) is 0.605. The Bertz CT molecular complexity index is 1130. The van der Waals surface area contributed by atoms with Crippen LogP contribution in [0.3, 0.4) is 0 Å². The van der Waals surface area contributed by atoms with Gasteiger partial charge < -0.3 is 14.8 Å². The summed E-state index contributed by atoms with van der Waals surface area (Å²) in [5.41, 5.74) is 6.69. The van der Waals surface area contributed by atoms with Gasteiger partial charge in [-0.15, -0.1) is 11.3 Å². The maximum atomic E-state index is 13.2. The minimum atomic E-state index is -0.0350. The predicted octanol–water partition coefficient (Wildman–Crippen LogP) is 4.86. The smallest absolute Gasteiger partial charge is 0.255 e. The molecule has 32 heavy (non-hydrogen) atoms. The van der Waals surface area contributed by atoms with E-state index in [4.69, 9.17) is 9.47 Å². The molecule has 1 saturated heterocycles. The molecule has 2 aliphatic heterocycles. The van der Waals surface area contributed by atoms with Gasteiger partial charge in [-0.1, -0.05) is 24.3 Å². The summed E-state index contributed by atoms with van der Waals surface area (Å²) >= 11 is 1.71. The van der Waals surface area contributed by atoms with Crippen LogP contribution in [-0.2, 0) is 17.6 Å². The largest absolute Gasteiger partial charge is 0.492 e. The minimum absolute atomic E-state index is 0.0350. The van der Waals surface area contributed by atoms with E-state index in [2.05, 4.69) is 41.5 Å². The number of hydrogen-bond donors (Lipinski definition) is 1. The highest BCUT2D eigenvalue weighted by Gasteiger charge is 2.26. The second kappa shape index (κ2) is 9.04. The number of carbonyl (C=O) groups excluding carboxylic acids is 1. The third kappa shape index (κ3) is 4.30. The van der Waals surface area contributed by atoms with Gasteiger partial charge in [0, 0.05) is 37.4 Å². The Kier molecular flexibility index (Phi) is 5.98. The lowest BCUT2D eigenvalue weighted by molar-refractivity contribution is 0.0695. The van der Waals surface area contributed by atoms with Crippen LogP contribution in [0.1, 0.15) is 50.5 Å². The van der Waals surface area contributed by atoms with Crippen LogP contribution in [0.25, 0.3) is 10.4 Å². The number of hydrogen-bond acceptors (Lipinski definition) is 5. The standard InChI is InChI=1S/C26H28N2O3S/c1-16-20(13-18-3-5-19(6-4-18)24-15-27-17(2)32-24)14-23(25-22(16)9-12-31-25)26(29)28-21-7-10-30-11-8-21/h3-6,14-15,21H,7-13H2,1-2H3,(H,28,29). The van der Waals surface area contributed by atoms with Crippen molar-refractivity contribution in [1.82, 2.24) is 10.3 Å². The van der Waals surface area contributed by atoms with Crippen molar-refractivity contribution in [2.75, 3.05) is 19.8 Å². The van der Waals surface area contributed by atoms with E-state index in [0.29, 0.717) is 25.4 Å². The molecule has 5 rings (SSSR count).